The molecular weight excluding hydrogens is 152 g/mol. The van der Waals surface area contributed by atoms with Crippen molar-refractivity contribution in [2.75, 3.05) is 0 Å². The molecule has 0 fully saturated rings. The van der Waals surface area contributed by atoms with E-state index in [1.54, 1.807) is 24.3 Å². The number of carbonyl (C=O) groups is 1. The topological polar surface area (TPSA) is 48.6 Å². The summed E-state index contributed by atoms with van der Waals surface area (Å²) in [7, 11) is 0. The third-order valence-electron chi connectivity index (χ3n) is 0.985. The van der Waals surface area contributed by atoms with Gasteiger partial charge in [0.25, 0.3) is 0 Å². The molecule has 0 aliphatic carbocycles. The molecule has 54 valence electrons. The molecule has 0 aromatic heterocycles. The molecular formula is C7H7ClO2. The van der Waals surface area contributed by atoms with Gasteiger partial charge in [-0.25, -0.2) is 0 Å². The maximum Gasteiger partial charge on any atom is 0.150 e. The Bertz CT molecular complexity index is 223. The van der Waals surface area contributed by atoms with Crippen molar-refractivity contribution in [1.29, 1.82) is 0 Å². The fraction of sp³-hybridized carbons (Fsp3) is 0. The van der Waals surface area contributed by atoms with Gasteiger partial charge in [0.2, 0.25) is 0 Å². The number of benzene rings is 1. The second kappa shape index (κ2) is 4.04. The molecule has 0 aliphatic rings. The van der Waals surface area contributed by atoms with Crippen LogP contribution in [0, 0.1) is 0 Å². The van der Waals surface area contributed by atoms with Crippen LogP contribution in [0.4, 0.5) is 0 Å². The Morgan fingerprint density at radius 2 is 2.10 bits per heavy atom. The van der Waals surface area contributed by atoms with Crippen LogP contribution in [-0.4, -0.2) is 11.8 Å². The van der Waals surface area contributed by atoms with E-state index in [1.165, 1.54) is 0 Å². The normalized spacial score (nSPS) is 8.10. The molecule has 1 aromatic carbocycles. The quantitative estimate of drug-likeness (QED) is 0.569. The molecule has 0 saturated heterocycles. The first-order valence-electron chi connectivity index (χ1n) is 2.53. The first-order chi connectivity index (χ1) is 4.33. The van der Waals surface area contributed by atoms with E-state index < -0.39 is 0 Å². The van der Waals surface area contributed by atoms with Gasteiger partial charge in [-0.05, 0) is 12.1 Å². The van der Waals surface area contributed by atoms with E-state index in [0.717, 1.165) is 6.29 Å². The van der Waals surface area contributed by atoms with Crippen LogP contribution in [-0.2, 0) is 0 Å². The Morgan fingerprint density at radius 1 is 1.40 bits per heavy atom. The second-order valence-corrected chi connectivity index (χ2v) is 2.11. The molecule has 0 spiro atoms. The summed E-state index contributed by atoms with van der Waals surface area (Å²) in [5, 5.41) is 0.597. The number of rotatable bonds is 1. The molecule has 0 radical (unpaired) electrons. The molecule has 0 saturated carbocycles. The Morgan fingerprint density at radius 3 is 2.50 bits per heavy atom. The van der Waals surface area contributed by atoms with Gasteiger partial charge in [0.05, 0.1) is 0 Å². The highest BCUT2D eigenvalue weighted by Gasteiger charge is 1.87. The van der Waals surface area contributed by atoms with Gasteiger partial charge in [-0.15, -0.1) is 0 Å². The van der Waals surface area contributed by atoms with E-state index in [2.05, 4.69) is 0 Å². The van der Waals surface area contributed by atoms with Crippen LogP contribution in [0.1, 0.15) is 10.4 Å². The number of hydrogen-bond acceptors (Lipinski definition) is 1. The number of aldehydes is 1. The minimum atomic E-state index is 0. The van der Waals surface area contributed by atoms with Crippen molar-refractivity contribution < 1.29 is 10.3 Å². The van der Waals surface area contributed by atoms with Gasteiger partial charge < -0.3 is 5.48 Å². The predicted molar refractivity (Wildman–Crippen MR) is 40.5 cm³/mol. The van der Waals surface area contributed by atoms with Gasteiger partial charge in [0, 0.05) is 10.6 Å². The molecule has 1 aromatic rings. The molecule has 0 heterocycles. The lowest BCUT2D eigenvalue weighted by Gasteiger charge is -1.88. The average Bonchev–Trinajstić information content (AvgIpc) is 1.88. The molecule has 3 heteroatoms. The van der Waals surface area contributed by atoms with Gasteiger partial charge in [-0.1, -0.05) is 23.7 Å². The highest BCUT2D eigenvalue weighted by molar-refractivity contribution is 6.30. The van der Waals surface area contributed by atoms with Crippen LogP contribution in [0.5, 0.6) is 0 Å². The largest absolute Gasteiger partial charge is 0.412 e. The van der Waals surface area contributed by atoms with Crippen LogP contribution >= 0.6 is 11.6 Å². The summed E-state index contributed by atoms with van der Waals surface area (Å²) in [6.07, 6.45) is 0.770. The minimum Gasteiger partial charge on any atom is -0.412 e. The zero-order valence-electron chi connectivity index (χ0n) is 5.17. The van der Waals surface area contributed by atoms with Crippen molar-refractivity contribution in [1.82, 2.24) is 0 Å². The molecule has 2 N–H and O–H groups in total. The van der Waals surface area contributed by atoms with Crippen LogP contribution in [0.3, 0.4) is 0 Å². The standard InChI is InChI=1S/C7H5ClO.H2O/c8-7-3-1-2-6(4-7)5-9;/h1-5H;1H2. The van der Waals surface area contributed by atoms with E-state index in [0.29, 0.717) is 10.6 Å². The Balaban J connectivity index is 0.000000810. The fourth-order valence-electron chi connectivity index (χ4n) is 0.580. The first kappa shape index (κ1) is 9.14. The van der Waals surface area contributed by atoms with Crippen molar-refractivity contribution >= 4 is 17.9 Å². The summed E-state index contributed by atoms with van der Waals surface area (Å²) in [6, 6.07) is 6.80. The van der Waals surface area contributed by atoms with E-state index in [4.69, 9.17) is 11.6 Å². The Labute approximate surface area is 63.7 Å². The predicted octanol–water partition coefficient (Wildman–Crippen LogP) is 1.33. The van der Waals surface area contributed by atoms with E-state index >= 15 is 0 Å². The van der Waals surface area contributed by atoms with Crippen LogP contribution in [0.15, 0.2) is 24.3 Å². The lowest BCUT2D eigenvalue weighted by atomic mass is 10.2. The molecule has 0 amide bonds. The third kappa shape index (κ3) is 2.17. The van der Waals surface area contributed by atoms with Crippen LogP contribution in [0.25, 0.3) is 0 Å². The summed E-state index contributed by atoms with van der Waals surface area (Å²) in [4.78, 5) is 10.1. The number of halogens is 1. The summed E-state index contributed by atoms with van der Waals surface area (Å²) in [5.74, 6) is 0. The molecule has 0 aliphatic heterocycles. The molecule has 0 bridgehead atoms. The molecule has 1 rings (SSSR count). The van der Waals surface area contributed by atoms with Crippen LogP contribution < -0.4 is 0 Å². The summed E-state index contributed by atoms with van der Waals surface area (Å²) < 4.78 is 0. The number of carbonyl (C=O) groups excluding carboxylic acids is 1. The van der Waals surface area contributed by atoms with Crippen LogP contribution in [0.2, 0.25) is 5.02 Å². The summed E-state index contributed by atoms with van der Waals surface area (Å²) in [5.41, 5.74) is 0.613. The summed E-state index contributed by atoms with van der Waals surface area (Å²) >= 11 is 5.56. The maximum absolute atomic E-state index is 10.1. The van der Waals surface area contributed by atoms with Crippen molar-refractivity contribution in [2.45, 2.75) is 0 Å². The van der Waals surface area contributed by atoms with Crippen molar-refractivity contribution in [2.24, 2.45) is 0 Å². The Hall–Kier alpha value is -0.860. The van der Waals surface area contributed by atoms with Crippen molar-refractivity contribution in [3.8, 4) is 0 Å². The Kier molecular flexibility index (Phi) is 3.69. The lowest BCUT2D eigenvalue weighted by molar-refractivity contribution is 0.112. The minimum absolute atomic E-state index is 0. The fourth-order valence-corrected chi connectivity index (χ4v) is 0.779. The monoisotopic (exact) mass is 158 g/mol. The lowest BCUT2D eigenvalue weighted by Crippen LogP contribution is -1.75. The smallest absolute Gasteiger partial charge is 0.150 e. The summed E-state index contributed by atoms with van der Waals surface area (Å²) in [6.45, 7) is 0. The second-order valence-electron chi connectivity index (χ2n) is 1.67. The molecule has 2 nitrogen and oxygen atoms in total. The molecule has 10 heavy (non-hydrogen) atoms. The zero-order valence-corrected chi connectivity index (χ0v) is 5.93. The molecule has 0 atom stereocenters. The first-order valence-corrected chi connectivity index (χ1v) is 2.91. The van der Waals surface area contributed by atoms with E-state index in [1.807, 2.05) is 0 Å². The van der Waals surface area contributed by atoms with Gasteiger partial charge in [0.15, 0.2) is 0 Å². The van der Waals surface area contributed by atoms with Crippen molar-refractivity contribution in [3.05, 3.63) is 34.9 Å². The van der Waals surface area contributed by atoms with Gasteiger partial charge in [0.1, 0.15) is 6.29 Å². The van der Waals surface area contributed by atoms with Gasteiger partial charge in [-0.2, -0.15) is 0 Å². The molecule has 0 unspecified atom stereocenters. The van der Waals surface area contributed by atoms with E-state index in [-0.39, 0.29) is 5.48 Å². The third-order valence-corrected chi connectivity index (χ3v) is 1.22. The average molecular weight is 159 g/mol. The highest BCUT2D eigenvalue weighted by Crippen LogP contribution is 2.08. The van der Waals surface area contributed by atoms with Gasteiger partial charge in [-0.3, -0.25) is 4.79 Å². The SMILES string of the molecule is O.O=Cc1cccc(Cl)c1. The van der Waals surface area contributed by atoms with Gasteiger partial charge >= 0.3 is 0 Å². The number of hydrogen-bond donors (Lipinski definition) is 0. The van der Waals surface area contributed by atoms with Crippen molar-refractivity contribution in [3.63, 3.8) is 0 Å². The maximum atomic E-state index is 10.1. The zero-order chi connectivity index (χ0) is 6.69. The van der Waals surface area contributed by atoms with E-state index in [9.17, 15) is 4.79 Å². The highest BCUT2D eigenvalue weighted by atomic mass is 35.5.